The van der Waals surface area contributed by atoms with Crippen LogP contribution in [0.3, 0.4) is 0 Å². The van der Waals surface area contributed by atoms with E-state index in [1.807, 2.05) is 13.0 Å². The number of imide groups is 1. The molecule has 0 bridgehead atoms. The standard InChI is InChI=1S/C19H21N3O6S/c1-11-5-4-6-15(9-11)22-29(26,27)16-10-14(8-7-12(16)2)18(24)28-13(3)17(23)21-19(20)25/h4-10,13,22H,1-3H3,(H3,20,21,23,25). The van der Waals surface area contributed by atoms with Crippen molar-refractivity contribution >= 4 is 33.6 Å². The van der Waals surface area contributed by atoms with Crippen LogP contribution in [0.1, 0.15) is 28.4 Å². The van der Waals surface area contributed by atoms with Crippen LogP contribution < -0.4 is 15.8 Å². The number of urea groups is 1. The van der Waals surface area contributed by atoms with Crippen LogP contribution >= 0.6 is 0 Å². The van der Waals surface area contributed by atoms with Gasteiger partial charge >= 0.3 is 12.0 Å². The molecule has 1 atom stereocenters. The highest BCUT2D eigenvalue weighted by molar-refractivity contribution is 7.92. The van der Waals surface area contributed by atoms with Crippen LogP contribution in [0.2, 0.25) is 0 Å². The molecule has 0 spiro atoms. The van der Waals surface area contributed by atoms with Gasteiger partial charge in [-0.25, -0.2) is 18.0 Å². The second-order valence-corrected chi connectivity index (χ2v) is 8.01. The Balaban J connectivity index is 2.25. The summed E-state index contributed by atoms with van der Waals surface area (Å²) in [5.74, 6) is -1.82. The molecule has 0 aromatic heterocycles. The minimum absolute atomic E-state index is 0.0704. The molecular weight excluding hydrogens is 398 g/mol. The van der Waals surface area contributed by atoms with Gasteiger partial charge in [0.05, 0.1) is 10.5 Å². The van der Waals surface area contributed by atoms with Crippen molar-refractivity contribution in [3.05, 3.63) is 59.2 Å². The first-order chi connectivity index (χ1) is 13.5. The van der Waals surface area contributed by atoms with Crippen LogP contribution in [0.25, 0.3) is 0 Å². The summed E-state index contributed by atoms with van der Waals surface area (Å²) in [5.41, 5.74) is 6.45. The van der Waals surface area contributed by atoms with Gasteiger partial charge in [-0.1, -0.05) is 18.2 Å². The number of ether oxygens (including phenoxy) is 1. The molecule has 0 radical (unpaired) electrons. The Morgan fingerprint density at radius 1 is 1.07 bits per heavy atom. The van der Waals surface area contributed by atoms with Gasteiger partial charge in [0.25, 0.3) is 15.9 Å². The van der Waals surface area contributed by atoms with E-state index in [1.54, 1.807) is 30.4 Å². The molecule has 0 aliphatic heterocycles. The smallest absolute Gasteiger partial charge is 0.338 e. The zero-order chi connectivity index (χ0) is 21.8. The highest BCUT2D eigenvalue weighted by Crippen LogP contribution is 2.22. The molecule has 9 nitrogen and oxygen atoms in total. The van der Waals surface area contributed by atoms with Gasteiger partial charge in [0.2, 0.25) is 0 Å². The molecule has 0 heterocycles. The molecule has 2 rings (SSSR count). The van der Waals surface area contributed by atoms with Crippen LogP contribution in [-0.4, -0.2) is 32.4 Å². The third-order valence-corrected chi connectivity index (χ3v) is 5.41. The molecule has 0 fully saturated rings. The predicted molar refractivity (Wildman–Crippen MR) is 106 cm³/mol. The molecule has 0 saturated carbocycles. The topological polar surface area (TPSA) is 145 Å². The summed E-state index contributed by atoms with van der Waals surface area (Å²) in [6, 6.07) is 9.73. The number of sulfonamides is 1. The molecule has 0 saturated heterocycles. The highest BCUT2D eigenvalue weighted by atomic mass is 32.2. The van der Waals surface area contributed by atoms with Crippen molar-refractivity contribution in [2.45, 2.75) is 31.8 Å². The predicted octanol–water partition coefficient (Wildman–Crippen LogP) is 1.84. The maximum atomic E-state index is 12.8. The minimum atomic E-state index is -3.98. The first-order valence-electron chi connectivity index (χ1n) is 8.51. The second-order valence-electron chi connectivity index (χ2n) is 6.36. The monoisotopic (exact) mass is 419 g/mol. The molecule has 4 N–H and O–H groups in total. The summed E-state index contributed by atoms with van der Waals surface area (Å²) >= 11 is 0. The summed E-state index contributed by atoms with van der Waals surface area (Å²) in [6.07, 6.45) is -1.30. The number of anilines is 1. The van der Waals surface area contributed by atoms with E-state index in [0.29, 0.717) is 11.3 Å². The van der Waals surface area contributed by atoms with Crippen molar-refractivity contribution in [2.24, 2.45) is 5.73 Å². The first kappa shape index (κ1) is 21.9. The van der Waals surface area contributed by atoms with Gasteiger partial charge in [0, 0.05) is 5.69 Å². The number of benzene rings is 2. The Morgan fingerprint density at radius 3 is 2.38 bits per heavy atom. The average molecular weight is 419 g/mol. The van der Waals surface area contributed by atoms with Crippen molar-refractivity contribution in [3.8, 4) is 0 Å². The lowest BCUT2D eigenvalue weighted by atomic mass is 10.1. The van der Waals surface area contributed by atoms with Crippen molar-refractivity contribution in [1.82, 2.24) is 5.32 Å². The number of amides is 3. The van der Waals surface area contributed by atoms with Crippen LogP contribution in [0.5, 0.6) is 0 Å². The number of rotatable bonds is 6. The number of carbonyl (C=O) groups is 3. The van der Waals surface area contributed by atoms with Gasteiger partial charge < -0.3 is 10.5 Å². The molecule has 154 valence electrons. The van der Waals surface area contributed by atoms with Gasteiger partial charge in [-0.05, 0) is 56.2 Å². The number of hydrogen-bond donors (Lipinski definition) is 3. The van der Waals surface area contributed by atoms with Crippen molar-refractivity contribution in [1.29, 1.82) is 0 Å². The molecule has 0 aliphatic carbocycles. The van der Waals surface area contributed by atoms with Gasteiger partial charge in [-0.2, -0.15) is 0 Å². The lowest BCUT2D eigenvalue weighted by molar-refractivity contribution is -0.127. The summed E-state index contributed by atoms with van der Waals surface area (Å²) in [5, 5.41) is 1.79. The van der Waals surface area contributed by atoms with E-state index in [-0.39, 0.29) is 10.5 Å². The van der Waals surface area contributed by atoms with Crippen molar-refractivity contribution in [2.75, 3.05) is 4.72 Å². The maximum absolute atomic E-state index is 12.8. The van der Waals surface area contributed by atoms with Crippen molar-refractivity contribution in [3.63, 3.8) is 0 Å². The van der Waals surface area contributed by atoms with E-state index in [9.17, 15) is 22.8 Å². The zero-order valence-electron chi connectivity index (χ0n) is 16.1. The van der Waals surface area contributed by atoms with Gasteiger partial charge in [-0.15, -0.1) is 0 Å². The number of carbonyl (C=O) groups excluding carboxylic acids is 3. The second kappa shape index (κ2) is 8.74. The minimum Gasteiger partial charge on any atom is -0.449 e. The van der Waals surface area contributed by atoms with E-state index >= 15 is 0 Å². The van der Waals surface area contributed by atoms with Crippen LogP contribution in [0, 0.1) is 13.8 Å². The maximum Gasteiger partial charge on any atom is 0.338 e. The summed E-state index contributed by atoms with van der Waals surface area (Å²) in [6.45, 7) is 4.67. The molecule has 1 unspecified atom stereocenters. The summed E-state index contributed by atoms with van der Waals surface area (Å²) in [4.78, 5) is 34.5. The Kier molecular flexibility index (Phi) is 6.60. The Bertz CT molecular complexity index is 1070. The SMILES string of the molecule is Cc1cccc(NS(=O)(=O)c2cc(C(=O)OC(C)C(=O)NC(N)=O)ccc2C)c1. The number of nitrogens with one attached hydrogen (secondary N) is 2. The Labute approximate surface area is 168 Å². The van der Waals surface area contributed by atoms with E-state index in [1.165, 1.54) is 19.1 Å². The fourth-order valence-electron chi connectivity index (χ4n) is 2.44. The highest BCUT2D eigenvalue weighted by Gasteiger charge is 2.23. The average Bonchev–Trinajstić information content (AvgIpc) is 2.60. The van der Waals surface area contributed by atoms with E-state index in [0.717, 1.165) is 11.6 Å². The molecule has 29 heavy (non-hydrogen) atoms. The van der Waals surface area contributed by atoms with Crippen LogP contribution in [-0.2, 0) is 19.6 Å². The van der Waals surface area contributed by atoms with Gasteiger partial charge in [0.1, 0.15) is 0 Å². The molecule has 3 amide bonds. The third kappa shape index (κ3) is 5.79. The lowest BCUT2D eigenvalue weighted by Crippen LogP contribution is -2.42. The lowest BCUT2D eigenvalue weighted by Gasteiger charge is -2.14. The number of hydrogen-bond acceptors (Lipinski definition) is 6. The van der Waals surface area contributed by atoms with Gasteiger partial charge in [0.15, 0.2) is 6.10 Å². The zero-order valence-corrected chi connectivity index (χ0v) is 16.9. The Morgan fingerprint density at radius 2 is 1.76 bits per heavy atom. The van der Waals surface area contributed by atoms with E-state index in [4.69, 9.17) is 10.5 Å². The third-order valence-electron chi connectivity index (χ3n) is 3.88. The quantitative estimate of drug-likeness (QED) is 0.609. The fourth-order valence-corrected chi connectivity index (χ4v) is 3.76. The largest absolute Gasteiger partial charge is 0.449 e. The normalized spacial score (nSPS) is 12.0. The van der Waals surface area contributed by atoms with Crippen LogP contribution in [0.4, 0.5) is 10.5 Å². The number of esters is 1. The molecule has 10 heteroatoms. The molecule has 2 aromatic rings. The Hall–Kier alpha value is -3.40. The number of nitrogens with two attached hydrogens (primary N) is 1. The molecule has 2 aromatic carbocycles. The van der Waals surface area contributed by atoms with Crippen LogP contribution in [0.15, 0.2) is 47.4 Å². The first-order valence-corrected chi connectivity index (χ1v) is 9.99. The van der Waals surface area contributed by atoms with E-state index in [2.05, 4.69) is 4.72 Å². The number of aryl methyl sites for hydroxylation is 2. The summed E-state index contributed by atoms with van der Waals surface area (Å²) in [7, 11) is -3.98. The number of primary amides is 1. The van der Waals surface area contributed by atoms with Crippen molar-refractivity contribution < 1.29 is 27.5 Å². The molecular formula is C19H21N3O6S. The van der Waals surface area contributed by atoms with E-state index < -0.39 is 34.0 Å². The summed E-state index contributed by atoms with van der Waals surface area (Å²) < 4.78 is 33.0. The fraction of sp³-hybridized carbons (Fsp3) is 0.211. The van der Waals surface area contributed by atoms with Gasteiger partial charge in [-0.3, -0.25) is 14.8 Å². The molecule has 0 aliphatic rings.